The molecule has 19 heavy (non-hydrogen) atoms. The van der Waals surface area contributed by atoms with Crippen LogP contribution in [0.3, 0.4) is 0 Å². The van der Waals surface area contributed by atoms with Crippen molar-refractivity contribution in [1.29, 1.82) is 0 Å². The summed E-state index contributed by atoms with van der Waals surface area (Å²) in [4.78, 5) is 0. The Labute approximate surface area is 118 Å². The molecule has 94 valence electrons. The Hall–Kier alpha value is -2.05. The molecular weight excluding hydrogens is 252 g/mol. The van der Waals surface area contributed by atoms with E-state index in [2.05, 4.69) is 26.3 Å². The van der Waals surface area contributed by atoms with Gasteiger partial charge in [0, 0.05) is 5.02 Å². The smallest absolute Gasteiger partial charge is 0.0406 e. The van der Waals surface area contributed by atoms with E-state index in [9.17, 15) is 0 Å². The monoisotopic (exact) mass is 266 g/mol. The molecule has 0 unspecified atom stereocenters. The lowest BCUT2D eigenvalue weighted by atomic mass is 10.0. The highest BCUT2D eigenvalue weighted by atomic mass is 35.5. The summed E-state index contributed by atoms with van der Waals surface area (Å²) >= 11 is 5.92. The summed E-state index contributed by atoms with van der Waals surface area (Å²) in [5.74, 6) is 0. The van der Waals surface area contributed by atoms with Gasteiger partial charge in [-0.15, -0.1) is 0 Å². The number of hydrogen-bond donors (Lipinski definition) is 0. The van der Waals surface area contributed by atoms with Crippen LogP contribution in [0.15, 0.2) is 49.1 Å². The van der Waals surface area contributed by atoms with Crippen molar-refractivity contribution in [1.82, 2.24) is 0 Å². The van der Waals surface area contributed by atoms with E-state index in [1.165, 1.54) is 0 Å². The molecule has 0 aliphatic rings. The second-order valence-corrected chi connectivity index (χ2v) is 4.79. The van der Waals surface area contributed by atoms with Gasteiger partial charge in [-0.1, -0.05) is 68.3 Å². The molecule has 0 N–H and O–H groups in total. The minimum atomic E-state index is 0.716. The first-order valence-corrected chi connectivity index (χ1v) is 6.31. The predicted octanol–water partition coefficient (Wildman–Crippen LogP) is 1.96. The molecule has 0 heterocycles. The Morgan fingerprint density at radius 2 is 1.53 bits per heavy atom. The third kappa shape index (κ3) is 2.54. The summed E-state index contributed by atoms with van der Waals surface area (Å²) in [5, 5.41) is 4.39. The van der Waals surface area contributed by atoms with Crippen LogP contribution >= 0.6 is 11.6 Å². The molecule has 0 bridgehead atoms. The van der Waals surface area contributed by atoms with Crippen LogP contribution in [-0.2, 0) is 0 Å². The number of benzene rings is 2. The fourth-order valence-corrected chi connectivity index (χ4v) is 2.13. The fourth-order valence-electron chi connectivity index (χ4n) is 2.01. The van der Waals surface area contributed by atoms with Gasteiger partial charge in [-0.05, 0) is 44.1 Å². The van der Waals surface area contributed by atoms with Crippen LogP contribution in [0.5, 0.6) is 0 Å². The second kappa shape index (κ2) is 5.29. The van der Waals surface area contributed by atoms with Gasteiger partial charge in [-0.3, -0.25) is 0 Å². The fraction of sp³-hybridized carbons (Fsp3) is 0. The molecule has 0 amide bonds. The molecular formula is C18H15Cl. The molecule has 0 aliphatic heterocycles. The minimum absolute atomic E-state index is 0.716. The van der Waals surface area contributed by atoms with Crippen molar-refractivity contribution >= 4 is 36.9 Å². The van der Waals surface area contributed by atoms with Gasteiger partial charge in [-0.2, -0.15) is 0 Å². The number of allylic oxidation sites excluding steroid dienone is 1. The van der Waals surface area contributed by atoms with E-state index < -0.39 is 0 Å². The first kappa shape index (κ1) is 13.4. The van der Waals surface area contributed by atoms with E-state index in [-0.39, 0.29) is 0 Å². The van der Waals surface area contributed by atoms with E-state index in [4.69, 9.17) is 11.6 Å². The molecule has 0 aliphatic carbocycles. The molecule has 0 atom stereocenters. The molecule has 1 heteroatoms. The zero-order chi connectivity index (χ0) is 14.0. The predicted molar refractivity (Wildman–Crippen MR) is 85.7 cm³/mol. The molecule has 2 aromatic carbocycles. The van der Waals surface area contributed by atoms with Crippen molar-refractivity contribution < 1.29 is 0 Å². The number of rotatable bonds is 2. The third-order valence-electron chi connectivity index (χ3n) is 3.18. The Balaban J connectivity index is 2.89. The molecule has 2 aromatic rings. The Morgan fingerprint density at radius 1 is 0.895 bits per heavy atom. The van der Waals surface area contributed by atoms with Crippen molar-refractivity contribution in [3.63, 3.8) is 0 Å². The van der Waals surface area contributed by atoms with Crippen LogP contribution in [0.4, 0.5) is 0 Å². The van der Waals surface area contributed by atoms with Gasteiger partial charge in [0.15, 0.2) is 0 Å². The van der Waals surface area contributed by atoms with E-state index in [0.717, 1.165) is 32.0 Å². The molecule has 0 nitrogen and oxygen atoms in total. The van der Waals surface area contributed by atoms with E-state index in [1.54, 1.807) is 0 Å². The summed E-state index contributed by atoms with van der Waals surface area (Å²) in [6, 6.07) is 11.6. The van der Waals surface area contributed by atoms with Crippen LogP contribution < -0.4 is 20.9 Å². The molecule has 0 aromatic heterocycles. The maximum atomic E-state index is 5.92. The zero-order valence-electron chi connectivity index (χ0n) is 10.7. The van der Waals surface area contributed by atoms with Crippen LogP contribution in [0.2, 0.25) is 5.02 Å². The second-order valence-electron chi connectivity index (χ2n) is 4.35. The van der Waals surface area contributed by atoms with Gasteiger partial charge < -0.3 is 0 Å². The largest absolute Gasteiger partial charge is 0.0984 e. The number of halogens is 1. The van der Waals surface area contributed by atoms with Crippen LogP contribution in [0.25, 0.3) is 25.3 Å². The van der Waals surface area contributed by atoms with Gasteiger partial charge in [0.25, 0.3) is 0 Å². The molecule has 0 spiro atoms. The van der Waals surface area contributed by atoms with Crippen molar-refractivity contribution in [2.75, 3.05) is 0 Å². The maximum Gasteiger partial charge on any atom is 0.0406 e. The normalized spacial score (nSPS) is 12.1. The lowest BCUT2D eigenvalue weighted by Gasteiger charge is -2.04. The highest BCUT2D eigenvalue weighted by Gasteiger charge is 2.00. The van der Waals surface area contributed by atoms with Gasteiger partial charge in [0.2, 0.25) is 0 Å². The topological polar surface area (TPSA) is 0 Å². The summed E-state index contributed by atoms with van der Waals surface area (Å²) in [6.07, 6.45) is 1.83. The lowest BCUT2D eigenvalue weighted by Crippen LogP contribution is -2.46. The lowest BCUT2D eigenvalue weighted by molar-refractivity contribution is 1.40. The first-order valence-electron chi connectivity index (χ1n) is 5.93. The highest BCUT2D eigenvalue weighted by Crippen LogP contribution is 2.15. The average Bonchev–Trinajstić information content (AvgIpc) is 2.41. The maximum absolute atomic E-state index is 5.92. The Bertz CT molecular complexity index is 827. The van der Waals surface area contributed by atoms with E-state index in [0.29, 0.717) is 5.02 Å². The molecule has 0 saturated carbocycles. The van der Waals surface area contributed by atoms with Gasteiger partial charge >= 0.3 is 0 Å². The third-order valence-corrected chi connectivity index (χ3v) is 3.43. The molecule has 0 saturated heterocycles. The van der Waals surface area contributed by atoms with Gasteiger partial charge in [0.05, 0.1) is 0 Å². The quantitative estimate of drug-likeness (QED) is 0.780. The van der Waals surface area contributed by atoms with Crippen LogP contribution in [0.1, 0.15) is 5.56 Å². The van der Waals surface area contributed by atoms with Crippen molar-refractivity contribution in [3.8, 4) is 0 Å². The average molecular weight is 267 g/mol. The minimum Gasteiger partial charge on any atom is -0.0984 e. The molecule has 0 radical (unpaired) electrons. The highest BCUT2D eigenvalue weighted by molar-refractivity contribution is 6.30. The standard InChI is InChI=1S/C18H15Cl/c1-5-17(15-7-9-16(19)10-8-15)18-11-6-12(2)13(3)14(18)4/h5-11H,1-4H2/b18-17+. The van der Waals surface area contributed by atoms with E-state index in [1.807, 2.05) is 42.5 Å². The molecule has 0 fully saturated rings. The van der Waals surface area contributed by atoms with Gasteiger partial charge in [-0.25, -0.2) is 0 Å². The van der Waals surface area contributed by atoms with Crippen molar-refractivity contribution in [2.45, 2.75) is 0 Å². The van der Waals surface area contributed by atoms with Crippen molar-refractivity contribution in [2.24, 2.45) is 0 Å². The summed E-state index contributed by atoms with van der Waals surface area (Å²) in [7, 11) is 0. The summed E-state index contributed by atoms with van der Waals surface area (Å²) in [5.41, 5.74) is 2.08. The zero-order valence-corrected chi connectivity index (χ0v) is 11.5. The Kier molecular flexibility index (Phi) is 3.73. The summed E-state index contributed by atoms with van der Waals surface area (Å²) in [6.45, 7) is 15.9. The SMILES string of the molecule is C=C/C(c1ccc(Cl)cc1)=c1/ccc(=C)c(=C)c1=C. The summed E-state index contributed by atoms with van der Waals surface area (Å²) < 4.78 is 0. The Morgan fingerprint density at radius 3 is 2.11 bits per heavy atom. The van der Waals surface area contributed by atoms with Gasteiger partial charge in [0.1, 0.15) is 0 Å². The van der Waals surface area contributed by atoms with Crippen LogP contribution in [-0.4, -0.2) is 0 Å². The van der Waals surface area contributed by atoms with Crippen molar-refractivity contribution in [3.05, 3.63) is 80.5 Å². The van der Waals surface area contributed by atoms with Crippen LogP contribution in [0, 0.1) is 0 Å². The first-order chi connectivity index (χ1) is 9.04. The van der Waals surface area contributed by atoms with E-state index >= 15 is 0 Å². The molecule has 2 rings (SSSR count). The number of hydrogen-bond acceptors (Lipinski definition) is 0.